The summed E-state index contributed by atoms with van der Waals surface area (Å²) in [6.07, 6.45) is 11.8. The molecule has 0 unspecified atom stereocenters. The second-order valence-corrected chi connectivity index (χ2v) is 12.6. The molecule has 0 aromatic heterocycles. The van der Waals surface area contributed by atoms with Crippen LogP contribution in [0.3, 0.4) is 0 Å². The monoisotopic (exact) mass is 462 g/mol. The minimum atomic E-state index is -1.69. The Bertz CT molecular complexity index is 852. The van der Waals surface area contributed by atoms with E-state index in [4.69, 9.17) is 4.74 Å². The second kappa shape index (κ2) is 8.29. The molecule has 0 bridgehead atoms. The van der Waals surface area contributed by atoms with Crippen molar-refractivity contribution in [2.45, 2.75) is 103 Å². The maximum absolute atomic E-state index is 17.7. The number of thioether (sulfide) groups is 1. The third-order valence-corrected chi connectivity index (χ3v) is 11.3. The van der Waals surface area contributed by atoms with E-state index in [9.17, 15) is 9.59 Å². The minimum Gasteiger partial charge on any atom is -0.459 e. The lowest BCUT2D eigenvalue weighted by atomic mass is 9.45. The van der Waals surface area contributed by atoms with Gasteiger partial charge >= 0.3 is 5.97 Å². The Morgan fingerprint density at radius 1 is 1.25 bits per heavy atom. The highest BCUT2D eigenvalue weighted by Crippen LogP contribution is 2.73. The van der Waals surface area contributed by atoms with Gasteiger partial charge in [-0.25, -0.2) is 4.39 Å². The summed E-state index contributed by atoms with van der Waals surface area (Å²) >= 11 is 2.06. The lowest BCUT2D eigenvalue weighted by Gasteiger charge is -2.64. The molecule has 0 aromatic rings. The molecular formula is C27H39FO3S. The van der Waals surface area contributed by atoms with Crippen LogP contribution in [0.1, 0.15) is 86.0 Å². The quantitative estimate of drug-likeness (QED) is 0.417. The van der Waals surface area contributed by atoms with Crippen LogP contribution in [-0.2, 0) is 14.3 Å². The Balaban J connectivity index is 1.83. The number of allylic oxidation sites excluding steroid dienone is 4. The lowest BCUT2D eigenvalue weighted by molar-refractivity contribution is -0.211. The fourth-order valence-electron chi connectivity index (χ4n) is 8.04. The molecule has 0 aromatic carbocycles. The molecule has 7 atom stereocenters. The molecule has 5 heteroatoms. The van der Waals surface area contributed by atoms with Gasteiger partial charge in [0.15, 0.2) is 11.5 Å². The zero-order valence-corrected chi connectivity index (χ0v) is 21.2. The van der Waals surface area contributed by atoms with Crippen LogP contribution in [0.2, 0.25) is 0 Å². The number of hydrogen-bond donors (Lipinski definition) is 0. The number of rotatable bonds is 6. The topological polar surface area (TPSA) is 43.4 Å². The molecule has 4 aliphatic rings. The Labute approximate surface area is 197 Å². The van der Waals surface area contributed by atoms with Crippen LogP contribution in [0.4, 0.5) is 4.39 Å². The van der Waals surface area contributed by atoms with E-state index in [1.165, 1.54) is 19.4 Å². The summed E-state index contributed by atoms with van der Waals surface area (Å²) in [4.78, 5) is 24.3. The number of fused-ring (bicyclic) bond motifs is 5. The van der Waals surface area contributed by atoms with Crippen LogP contribution < -0.4 is 0 Å². The number of carbonyl (C=O) groups is 2. The zero-order valence-electron chi connectivity index (χ0n) is 20.3. The molecule has 0 heterocycles. The molecule has 3 fully saturated rings. The Morgan fingerprint density at radius 3 is 2.66 bits per heavy atom. The van der Waals surface area contributed by atoms with E-state index in [0.29, 0.717) is 6.42 Å². The van der Waals surface area contributed by atoms with Crippen LogP contribution in [0.5, 0.6) is 0 Å². The summed E-state index contributed by atoms with van der Waals surface area (Å²) < 4.78 is 23.7. The maximum atomic E-state index is 17.7. The van der Waals surface area contributed by atoms with Gasteiger partial charge in [-0.3, -0.25) is 9.59 Å². The van der Waals surface area contributed by atoms with Crippen molar-refractivity contribution in [3.8, 4) is 0 Å². The van der Waals surface area contributed by atoms with Crippen molar-refractivity contribution in [2.24, 2.45) is 22.7 Å². The maximum Gasteiger partial charge on any atom is 0.303 e. The number of hydrogen-bond acceptors (Lipinski definition) is 4. The third-order valence-electron chi connectivity index (χ3n) is 9.57. The predicted octanol–water partition coefficient (Wildman–Crippen LogP) is 6.61. The van der Waals surface area contributed by atoms with Crippen molar-refractivity contribution in [3.63, 3.8) is 0 Å². The van der Waals surface area contributed by atoms with Gasteiger partial charge < -0.3 is 4.74 Å². The van der Waals surface area contributed by atoms with Gasteiger partial charge in [-0.05, 0) is 74.7 Å². The SMILES string of the molecule is CCCC[C@]1(SCC)CC[C@H]2[C@@H]3CCC4=CC(=O)C=C[C@]4(C)[C@@]3(F)[C@@H](OC(C)=O)C[C@@]21C. The number of ketones is 1. The van der Waals surface area contributed by atoms with E-state index >= 15 is 4.39 Å². The first-order valence-electron chi connectivity index (χ1n) is 12.5. The standard InChI is InChI=1S/C27H39FO3S/c1-6-8-13-26(32-7-2)15-12-21-22-10-9-19-16-20(30)11-14-24(19,4)27(22,28)23(31-18(3)29)17-25(21,26)5/h11,14,16,21-23H,6-10,12-13,15,17H2,1-5H3/t21-,22-,23-,24-,25-,26-,27-/m0/s1. The molecule has 0 N–H and O–H groups in total. The molecule has 4 aliphatic carbocycles. The van der Waals surface area contributed by atoms with Gasteiger partial charge in [0.2, 0.25) is 0 Å². The van der Waals surface area contributed by atoms with E-state index in [-0.39, 0.29) is 27.8 Å². The Morgan fingerprint density at radius 2 is 2.00 bits per heavy atom. The van der Waals surface area contributed by atoms with E-state index in [0.717, 1.165) is 49.9 Å². The molecule has 32 heavy (non-hydrogen) atoms. The molecule has 178 valence electrons. The predicted molar refractivity (Wildman–Crippen MR) is 128 cm³/mol. The van der Waals surface area contributed by atoms with Crippen LogP contribution in [0, 0.1) is 22.7 Å². The largest absolute Gasteiger partial charge is 0.459 e. The van der Waals surface area contributed by atoms with Crippen molar-refractivity contribution in [1.82, 2.24) is 0 Å². The van der Waals surface area contributed by atoms with Gasteiger partial charge in [0.1, 0.15) is 6.10 Å². The molecule has 0 saturated heterocycles. The van der Waals surface area contributed by atoms with Crippen LogP contribution in [0.15, 0.2) is 23.8 Å². The first kappa shape index (κ1) is 24.0. The summed E-state index contributed by atoms with van der Waals surface area (Å²) in [5.41, 5.74) is -1.81. The summed E-state index contributed by atoms with van der Waals surface area (Å²) in [7, 11) is 0. The van der Waals surface area contributed by atoms with E-state index < -0.39 is 23.2 Å². The molecular weight excluding hydrogens is 423 g/mol. The normalized spacial score (nSPS) is 45.0. The molecule has 0 radical (unpaired) electrons. The minimum absolute atomic E-state index is 0.0667. The molecule has 3 saturated carbocycles. The highest BCUT2D eigenvalue weighted by Gasteiger charge is 2.73. The second-order valence-electron chi connectivity index (χ2n) is 10.9. The number of halogens is 1. The van der Waals surface area contributed by atoms with Crippen molar-refractivity contribution in [1.29, 1.82) is 0 Å². The number of carbonyl (C=O) groups excluding carboxylic acids is 2. The average Bonchev–Trinajstić information content (AvgIpc) is 3.00. The lowest BCUT2D eigenvalue weighted by Crippen LogP contribution is -2.68. The highest BCUT2D eigenvalue weighted by molar-refractivity contribution is 8.00. The third kappa shape index (κ3) is 3.20. The number of ether oxygens (including phenoxy) is 1. The van der Waals surface area contributed by atoms with E-state index in [1.54, 1.807) is 12.2 Å². The van der Waals surface area contributed by atoms with Crippen LogP contribution in [0.25, 0.3) is 0 Å². The summed E-state index contributed by atoms with van der Waals surface area (Å²) in [5.74, 6) is 0.656. The highest BCUT2D eigenvalue weighted by atomic mass is 32.2. The van der Waals surface area contributed by atoms with Gasteiger partial charge in [0.05, 0.1) is 0 Å². The van der Waals surface area contributed by atoms with E-state index in [1.807, 2.05) is 6.92 Å². The van der Waals surface area contributed by atoms with Gasteiger partial charge in [-0.1, -0.05) is 45.3 Å². The van der Waals surface area contributed by atoms with Crippen molar-refractivity contribution in [2.75, 3.05) is 5.75 Å². The smallest absolute Gasteiger partial charge is 0.303 e. The zero-order chi connectivity index (χ0) is 23.4. The number of unbranched alkanes of at least 4 members (excludes halogenated alkanes) is 1. The number of alkyl halides is 1. The van der Waals surface area contributed by atoms with Crippen LogP contribution >= 0.6 is 11.8 Å². The summed E-state index contributed by atoms with van der Waals surface area (Å²) in [6.45, 7) is 10.2. The van der Waals surface area contributed by atoms with Gasteiger partial charge in [0, 0.05) is 23.0 Å². The number of esters is 1. The fourth-order valence-corrected chi connectivity index (χ4v) is 9.71. The molecule has 0 spiro atoms. The molecule has 0 amide bonds. The van der Waals surface area contributed by atoms with Crippen molar-refractivity contribution in [3.05, 3.63) is 23.8 Å². The van der Waals surface area contributed by atoms with Crippen molar-refractivity contribution < 1.29 is 18.7 Å². The first-order chi connectivity index (χ1) is 15.1. The van der Waals surface area contributed by atoms with Crippen molar-refractivity contribution >= 4 is 23.5 Å². The van der Waals surface area contributed by atoms with Gasteiger partial charge in [-0.2, -0.15) is 11.8 Å². The first-order valence-corrected chi connectivity index (χ1v) is 13.5. The summed E-state index contributed by atoms with van der Waals surface area (Å²) in [6, 6.07) is 0. The van der Waals surface area contributed by atoms with Gasteiger partial charge in [-0.15, -0.1) is 0 Å². The Hall–Kier alpha value is -1.10. The fraction of sp³-hybridized carbons (Fsp3) is 0.778. The molecule has 4 rings (SSSR count). The molecule has 0 aliphatic heterocycles. The van der Waals surface area contributed by atoms with Crippen LogP contribution in [-0.4, -0.2) is 34.0 Å². The average molecular weight is 463 g/mol. The molecule has 3 nitrogen and oxygen atoms in total. The van der Waals surface area contributed by atoms with E-state index in [2.05, 4.69) is 32.5 Å². The Kier molecular flexibility index (Phi) is 6.22. The summed E-state index contributed by atoms with van der Waals surface area (Å²) in [5, 5.41) is 0. The van der Waals surface area contributed by atoms with Gasteiger partial charge in [0.25, 0.3) is 0 Å².